The van der Waals surface area contributed by atoms with Gasteiger partial charge in [-0.15, -0.1) is 0 Å². The van der Waals surface area contributed by atoms with E-state index in [4.69, 9.17) is 27.9 Å². The third kappa shape index (κ3) is 5.58. The molecule has 0 saturated heterocycles. The first-order valence-corrected chi connectivity index (χ1v) is 7.69. The Morgan fingerprint density at radius 3 is 2.78 bits per heavy atom. The Balaban J connectivity index is 1.82. The summed E-state index contributed by atoms with van der Waals surface area (Å²) in [6.45, 7) is 0.498. The molecular formula is C15H15Cl2N3O3. The van der Waals surface area contributed by atoms with Crippen LogP contribution in [0.25, 0.3) is 0 Å². The molecule has 2 aromatic rings. The average Bonchev–Trinajstić information content (AvgIpc) is 2.99. The van der Waals surface area contributed by atoms with Gasteiger partial charge in [-0.2, -0.15) is 5.10 Å². The molecule has 0 aliphatic carbocycles. The summed E-state index contributed by atoms with van der Waals surface area (Å²) in [5.41, 5.74) is 0.268. The Kier molecular flexibility index (Phi) is 6.43. The lowest BCUT2D eigenvalue weighted by Gasteiger charge is -2.07. The van der Waals surface area contributed by atoms with E-state index in [2.05, 4.69) is 10.4 Å². The number of rotatable bonds is 8. The number of halogens is 2. The van der Waals surface area contributed by atoms with Gasteiger partial charge in [-0.05, 0) is 36.2 Å². The number of nitrogens with zero attached hydrogens (tertiary/aromatic N) is 2. The number of ether oxygens (including phenoxy) is 1. The summed E-state index contributed by atoms with van der Waals surface area (Å²) in [5, 5.41) is 6.86. The second-order valence-corrected chi connectivity index (χ2v) is 5.49. The normalized spacial score (nSPS) is 10.3. The minimum atomic E-state index is -0.416. The quantitative estimate of drug-likeness (QED) is 0.583. The molecule has 2 rings (SSSR count). The molecule has 122 valence electrons. The van der Waals surface area contributed by atoms with Crippen molar-refractivity contribution in [1.29, 1.82) is 0 Å². The van der Waals surface area contributed by atoms with Crippen LogP contribution in [0, 0.1) is 0 Å². The zero-order chi connectivity index (χ0) is 16.7. The molecule has 1 N–H and O–H groups in total. The van der Waals surface area contributed by atoms with E-state index in [9.17, 15) is 9.59 Å². The van der Waals surface area contributed by atoms with Crippen molar-refractivity contribution in [3.8, 4) is 5.75 Å². The highest BCUT2D eigenvalue weighted by Crippen LogP contribution is 2.23. The molecule has 0 atom stereocenters. The molecule has 23 heavy (non-hydrogen) atoms. The van der Waals surface area contributed by atoms with Gasteiger partial charge in [0.2, 0.25) is 5.24 Å². The fraction of sp³-hybridized carbons (Fsp3) is 0.267. The van der Waals surface area contributed by atoms with Crippen LogP contribution in [0.5, 0.6) is 5.75 Å². The summed E-state index contributed by atoms with van der Waals surface area (Å²) in [6.07, 6.45) is 2.35. The number of amides is 1. The van der Waals surface area contributed by atoms with Crippen LogP contribution in [0.4, 0.5) is 0 Å². The third-order valence-corrected chi connectivity index (χ3v) is 3.40. The highest BCUT2D eigenvalue weighted by molar-refractivity contribution is 6.63. The van der Waals surface area contributed by atoms with Crippen LogP contribution in [-0.2, 0) is 11.5 Å². The molecule has 1 aromatic heterocycles. The van der Waals surface area contributed by atoms with E-state index >= 15 is 0 Å². The summed E-state index contributed by atoms with van der Waals surface area (Å²) in [5.74, 6) is 0.227. The van der Waals surface area contributed by atoms with Crippen molar-refractivity contribution in [1.82, 2.24) is 15.1 Å². The van der Waals surface area contributed by atoms with Gasteiger partial charge in [0.15, 0.2) is 6.73 Å². The third-order valence-electron chi connectivity index (χ3n) is 2.90. The van der Waals surface area contributed by atoms with Gasteiger partial charge in [-0.3, -0.25) is 9.59 Å². The van der Waals surface area contributed by atoms with Crippen LogP contribution in [0.3, 0.4) is 0 Å². The van der Waals surface area contributed by atoms with Crippen molar-refractivity contribution in [3.63, 3.8) is 0 Å². The second-order valence-electron chi connectivity index (χ2n) is 4.66. The maximum absolute atomic E-state index is 11.9. The Morgan fingerprint density at radius 1 is 1.26 bits per heavy atom. The lowest BCUT2D eigenvalue weighted by molar-refractivity contribution is -0.111. The van der Waals surface area contributed by atoms with Gasteiger partial charge in [-0.25, -0.2) is 4.68 Å². The van der Waals surface area contributed by atoms with Crippen molar-refractivity contribution < 1.29 is 14.3 Å². The summed E-state index contributed by atoms with van der Waals surface area (Å²) in [6, 6.07) is 8.68. The van der Waals surface area contributed by atoms with Crippen LogP contribution >= 0.6 is 23.2 Å². The smallest absolute Gasteiger partial charge is 0.271 e. The molecule has 1 aromatic carbocycles. The Bertz CT molecular complexity index is 688. The molecule has 0 aliphatic rings. The van der Waals surface area contributed by atoms with Gasteiger partial charge >= 0.3 is 0 Å². The van der Waals surface area contributed by atoms with Crippen LogP contribution in [0.15, 0.2) is 36.5 Å². The molecule has 1 amide bonds. The first-order chi connectivity index (χ1) is 11.1. The first kappa shape index (κ1) is 17.3. The maximum atomic E-state index is 11.9. The number of carbonyl (C=O) groups excluding carboxylic acids is 2. The molecule has 0 unspecified atom stereocenters. The molecule has 0 saturated carbocycles. The van der Waals surface area contributed by atoms with Crippen molar-refractivity contribution in [2.45, 2.75) is 19.6 Å². The van der Waals surface area contributed by atoms with E-state index in [0.717, 1.165) is 0 Å². The van der Waals surface area contributed by atoms with Gasteiger partial charge < -0.3 is 10.1 Å². The lowest BCUT2D eigenvalue weighted by Crippen LogP contribution is -2.25. The molecule has 0 bridgehead atoms. The van der Waals surface area contributed by atoms with Crippen LogP contribution in [-0.4, -0.2) is 27.5 Å². The zero-order valence-corrected chi connectivity index (χ0v) is 13.7. The predicted octanol–water partition coefficient (Wildman–Crippen LogP) is 2.85. The Hall–Kier alpha value is -2.05. The predicted molar refractivity (Wildman–Crippen MR) is 86.7 cm³/mol. The number of nitrogens with one attached hydrogen (secondary N) is 1. The molecule has 0 spiro atoms. The minimum Gasteiger partial charge on any atom is -0.470 e. The highest BCUT2D eigenvalue weighted by Gasteiger charge is 2.09. The molecule has 0 aliphatic heterocycles. The van der Waals surface area contributed by atoms with E-state index < -0.39 is 5.24 Å². The summed E-state index contributed by atoms with van der Waals surface area (Å²) < 4.78 is 7.01. The van der Waals surface area contributed by atoms with Gasteiger partial charge in [0.25, 0.3) is 5.91 Å². The largest absolute Gasteiger partial charge is 0.470 e. The van der Waals surface area contributed by atoms with E-state index in [1.54, 1.807) is 24.4 Å². The molecular weight excluding hydrogens is 341 g/mol. The summed E-state index contributed by atoms with van der Waals surface area (Å²) in [4.78, 5) is 22.5. The van der Waals surface area contributed by atoms with Crippen LogP contribution in [0.2, 0.25) is 5.02 Å². The number of hydrogen-bond acceptors (Lipinski definition) is 4. The first-order valence-electron chi connectivity index (χ1n) is 6.93. The fourth-order valence-electron chi connectivity index (χ4n) is 1.77. The average molecular weight is 356 g/mol. The number of aromatic nitrogens is 2. The van der Waals surface area contributed by atoms with Crippen molar-refractivity contribution in [2.24, 2.45) is 0 Å². The molecule has 8 heteroatoms. The lowest BCUT2D eigenvalue weighted by atomic mass is 10.3. The Morgan fingerprint density at radius 2 is 2.04 bits per heavy atom. The number of benzene rings is 1. The van der Waals surface area contributed by atoms with Crippen molar-refractivity contribution >= 4 is 34.4 Å². The maximum Gasteiger partial charge on any atom is 0.271 e. The van der Waals surface area contributed by atoms with Gasteiger partial charge in [-0.1, -0.05) is 23.7 Å². The second kappa shape index (κ2) is 8.55. The molecule has 0 fully saturated rings. The highest BCUT2D eigenvalue weighted by atomic mass is 35.5. The van der Waals surface area contributed by atoms with Crippen molar-refractivity contribution in [3.05, 3.63) is 47.2 Å². The standard InChI is InChI=1S/C15H15Cl2N3O3/c16-11-4-1-2-5-13(11)23-10-20-9-7-12(19-20)15(22)18-8-3-6-14(17)21/h1-2,4-5,7,9H,3,6,8,10H2,(H,18,22). The number of para-hydroxylation sites is 1. The molecule has 6 nitrogen and oxygen atoms in total. The number of hydrogen-bond donors (Lipinski definition) is 1. The van der Waals surface area contributed by atoms with E-state index in [1.165, 1.54) is 4.68 Å². The van der Waals surface area contributed by atoms with Gasteiger partial charge in [0.05, 0.1) is 5.02 Å². The molecule has 0 radical (unpaired) electrons. The monoisotopic (exact) mass is 355 g/mol. The zero-order valence-electron chi connectivity index (χ0n) is 12.2. The fourth-order valence-corrected chi connectivity index (χ4v) is 2.10. The number of carbonyl (C=O) groups is 2. The Labute approximate surface area is 143 Å². The summed E-state index contributed by atoms with van der Waals surface area (Å²) in [7, 11) is 0. The van der Waals surface area contributed by atoms with Crippen molar-refractivity contribution in [2.75, 3.05) is 6.54 Å². The van der Waals surface area contributed by atoms with E-state index in [1.807, 2.05) is 12.1 Å². The van der Waals surface area contributed by atoms with Crippen LogP contribution < -0.4 is 10.1 Å². The summed E-state index contributed by atoms with van der Waals surface area (Å²) >= 11 is 11.2. The van der Waals surface area contributed by atoms with Gasteiger partial charge in [0.1, 0.15) is 11.4 Å². The minimum absolute atomic E-state index is 0.137. The van der Waals surface area contributed by atoms with Gasteiger partial charge in [0, 0.05) is 19.2 Å². The molecule has 1 heterocycles. The van der Waals surface area contributed by atoms with Crippen LogP contribution in [0.1, 0.15) is 23.3 Å². The SMILES string of the molecule is O=C(Cl)CCCNC(=O)c1ccn(COc2ccccc2Cl)n1. The topological polar surface area (TPSA) is 73.2 Å². The van der Waals surface area contributed by atoms with E-state index in [-0.39, 0.29) is 24.8 Å². The van der Waals surface area contributed by atoms with E-state index in [0.29, 0.717) is 23.7 Å².